The Morgan fingerprint density at radius 3 is 2.37 bits per heavy atom. The summed E-state index contributed by atoms with van der Waals surface area (Å²) in [6.07, 6.45) is 6.72. The van der Waals surface area contributed by atoms with Gasteiger partial charge in [0.05, 0.1) is 5.75 Å². The summed E-state index contributed by atoms with van der Waals surface area (Å²) in [5.74, 6) is 1.13. The third kappa shape index (κ3) is 6.97. The van der Waals surface area contributed by atoms with Crippen molar-refractivity contribution in [2.75, 3.05) is 44.2 Å². The zero-order valence-corrected chi connectivity index (χ0v) is 19.6. The van der Waals surface area contributed by atoms with Gasteiger partial charge < -0.3 is 5.32 Å². The Labute approximate surface area is 185 Å². The summed E-state index contributed by atoms with van der Waals surface area (Å²) in [5, 5.41) is 3.81. The van der Waals surface area contributed by atoms with Gasteiger partial charge in [0.1, 0.15) is 0 Å². The fraction of sp³-hybridized carbons (Fsp3) is 0.682. The van der Waals surface area contributed by atoms with Crippen LogP contribution in [0.5, 0.6) is 0 Å². The molecule has 1 N–H and O–H groups in total. The van der Waals surface area contributed by atoms with Gasteiger partial charge in [0.2, 0.25) is 10.0 Å². The van der Waals surface area contributed by atoms with Gasteiger partial charge in [0.25, 0.3) is 5.91 Å². The molecule has 2 fully saturated rings. The van der Waals surface area contributed by atoms with Gasteiger partial charge >= 0.3 is 0 Å². The maximum Gasteiger partial charge on any atom is 0.251 e. The van der Waals surface area contributed by atoms with Crippen molar-refractivity contribution in [3.05, 3.63) is 35.4 Å². The minimum atomic E-state index is -3.09. The molecule has 3 rings (SSSR count). The van der Waals surface area contributed by atoms with Gasteiger partial charge in [-0.25, -0.2) is 8.42 Å². The smallest absolute Gasteiger partial charge is 0.251 e. The number of benzene rings is 1. The highest BCUT2D eigenvalue weighted by molar-refractivity contribution is 7.99. The number of rotatable bonds is 9. The first kappa shape index (κ1) is 23.6. The van der Waals surface area contributed by atoms with Crippen molar-refractivity contribution >= 4 is 27.7 Å². The van der Waals surface area contributed by atoms with Crippen LogP contribution in [0.1, 0.15) is 54.9 Å². The summed E-state index contributed by atoms with van der Waals surface area (Å²) < 4.78 is 25.5. The lowest BCUT2D eigenvalue weighted by Crippen LogP contribution is -2.48. The van der Waals surface area contributed by atoms with Gasteiger partial charge in [0, 0.05) is 55.8 Å². The van der Waals surface area contributed by atoms with Crippen LogP contribution in [0, 0.1) is 0 Å². The Hall–Kier alpha value is -1.09. The maximum atomic E-state index is 12.4. The molecule has 1 aromatic rings. The number of nitrogens with zero attached hydrogens (tertiary/aromatic N) is 2. The zero-order chi connectivity index (χ0) is 21.4. The number of carbonyl (C=O) groups is 1. The van der Waals surface area contributed by atoms with E-state index in [2.05, 4.69) is 10.2 Å². The minimum Gasteiger partial charge on any atom is -0.351 e. The van der Waals surface area contributed by atoms with Crippen molar-refractivity contribution in [1.82, 2.24) is 14.5 Å². The molecule has 168 valence electrons. The van der Waals surface area contributed by atoms with Crippen molar-refractivity contribution in [3.63, 3.8) is 0 Å². The minimum absolute atomic E-state index is 0.0100. The lowest BCUT2D eigenvalue weighted by molar-refractivity contribution is 0.0956. The quantitative estimate of drug-likeness (QED) is 0.582. The normalized spacial score (nSPS) is 19.6. The average Bonchev–Trinajstić information content (AvgIpc) is 2.78. The second kappa shape index (κ2) is 11.5. The monoisotopic (exact) mass is 453 g/mol. The molecule has 1 amide bonds. The Morgan fingerprint density at radius 1 is 1.07 bits per heavy atom. The summed E-state index contributed by atoms with van der Waals surface area (Å²) in [7, 11) is -3.09. The molecular weight excluding hydrogens is 418 g/mol. The molecular formula is C22H35N3O3S2. The molecule has 1 saturated carbocycles. The number of hydrogen-bond acceptors (Lipinski definition) is 5. The van der Waals surface area contributed by atoms with E-state index in [0.29, 0.717) is 25.2 Å². The highest BCUT2D eigenvalue weighted by atomic mass is 32.2. The molecule has 1 aromatic carbocycles. The van der Waals surface area contributed by atoms with Crippen LogP contribution < -0.4 is 5.32 Å². The summed E-state index contributed by atoms with van der Waals surface area (Å²) in [6, 6.07) is 7.77. The van der Waals surface area contributed by atoms with Crippen molar-refractivity contribution in [1.29, 1.82) is 0 Å². The van der Waals surface area contributed by atoms with Crippen LogP contribution in [0.3, 0.4) is 0 Å². The number of sulfonamides is 1. The number of amides is 1. The van der Waals surface area contributed by atoms with Gasteiger partial charge in [-0.3, -0.25) is 9.69 Å². The van der Waals surface area contributed by atoms with Gasteiger partial charge in [-0.1, -0.05) is 31.4 Å². The third-order valence-electron chi connectivity index (χ3n) is 6.01. The van der Waals surface area contributed by atoms with Crippen LogP contribution in [-0.2, 0) is 16.6 Å². The number of nitrogens with one attached hydrogen (secondary N) is 1. The first-order valence-corrected chi connectivity index (χ1v) is 13.8. The van der Waals surface area contributed by atoms with Crippen molar-refractivity contribution in [2.45, 2.75) is 50.8 Å². The molecule has 0 bridgehead atoms. The van der Waals surface area contributed by atoms with Crippen LogP contribution >= 0.6 is 11.8 Å². The molecule has 8 heteroatoms. The van der Waals surface area contributed by atoms with Gasteiger partial charge in [-0.05, 0) is 37.5 Å². The van der Waals surface area contributed by atoms with E-state index in [4.69, 9.17) is 0 Å². The van der Waals surface area contributed by atoms with Crippen LogP contribution in [0.4, 0.5) is 0 Å². The van der Waals surface area contributed by atoms with Crippen LogP contribution in [0.25, 0.3) is 0 Å². The van der Waals surface area contributed by atoms with E-state index in [1.54, 1.807) is 11.2 Å². The van der Waals surface area contributed by atoms with Gasteiger partial charge in [-0.15, -0.1) is 0 Å². The second-order valence-corrected chi connectivity index (χ2v) is 11.8. The van der Waals surface area contributed by atoms with Gasteiger partial charge in [0.15, 0.2) is 0 Å². The van der Waals surface area contributed by atoms with E-state index in [1.165, 1.54) is 32.1 Å². The second-order valence-electron chi connectivity index (χ2n) is 8.16. The summed E-state index contributed by atoms with van der Waals surface area (Å²) >= 11 is 2.00. The van der Waals surface area contributed by atoms with E-state index in [0.717, 1.165) is 36.2 Å². The SMILES string of the molecule is CCS(=O)(=O)N1CCN(Cc2ccc(C(=O)NCCSC3CCCCC3)cc2)CC1. The average molecular weight is 454 g/mol. The molecule has 6 nitrogen and oxygen atoms in total. The Bertz CT molecular complexity index is 769. The number of thioether (sulfide) groups is 1. The van der Waals surface area contributed by atoms with E-state index in [-0.39, 0.29) is 11.7 Å². The lowest BCUT2D eigenvalue weighted by atomic mass is 10.0. The number of piperazine rings is 1. The van der Waals surface area contributed by atoms with E-state index in [9.17, 15) is 13.2 Å². The summed E-state index contributed by atoms with van der Waals surface area (Å²) in [6.45, 7) is 5.76. The Kier molecular flexibility index (Phi) is 9.04. The molecule has 1 aliphatic carbocycles. The molecule has 0 unspecified atom stereocenters. The van der Waals surface area contributed by atoms with Crippen molar-refractivity contribution in [2.24, 2.45) is 0 Å². The van der Waals surface area contributed by atoms with E-state index < -0.39 is 10.0 Å². The van der Waals surface area contributed by atoms with Crippen molar-refractivity contribution < 1.29 is 13.2 Å². The zero-order valence-electron chi connectivity index (χ0n) is 18.0. The Morgan fingerprint density at radius 2 is 1.73 bits per heavy atom. The summed E-state index contributed by atoms with van der Waals surface area (Å²) in [5.41, 5.74) is 1.84. The molecule has 1 saturated heterocycles. The predicted octanol–water partition coefficient (Wildman–Crippen LogP) is 2.95. The van der Waals surface area contributed by atoms with Crippen LogP contribution in [0.2, 0.25) is 0 Å². The van der Waals surface area contributed by atoms with Crippen LogP contribution in [-0.4, -0.2) is 73.0 Å². The maximum absolute atomic E-state index is 12.4. The molecule has 0 radical (unpaired) electrons. The van der Waals surface area contributed by atoms with E-state index in [1.807, 2.05) is 36.0 Å². The predicted molar refractivity (Wildman–Crippen MR) is 124 cm³/mol. The number of hydrogen-bond donors (Lipinski definition) is 1. The standard InChI is InChI=1S/C22H35N3O3S2/c1-2-30(27,28)25-15-13-24(14-16-25)18-19-8-10-20(11-9-19)22(26)23-12-17-29-21-6-4-3-5-7-21/h8-11,21H,2-7,12-18H2,1H3,(H,23,26). The highest BCUT2D eigenvalue weighted by Gasteiger charge is 2.25. The molecule has 0 spiro atoms. The molecule has 1 aliphatic heterocycles. The fourth-order valence-corrected chi connectivity index (χ4v) is 6.40. The molecule has 0 aromatic heterocycles. The van der Waals surface area contributed by atoms with Gasteiger partial charge in [-0.2, -0.15) is 16.1 Å². The van der Waals surface area contributed by atoms with Crippen LogP contribution in [0.15, 0.2) is 24.3 Å². The summed E-state index contributed by atoms with van der Waals surface area (Å²) in [4.78, 5) is 14.6. The number of carbonyl (C=O) groups excluding carboxylic acids is 1. The first-order chi connectivity index (χ1) is 14.5. The highest BCUT2D eigenvalue weighted by Crippen LogP contribution is 2.27. The molecule has 2 aliphatic rings. The first-order valence-electron chi connectivity index (χ1n) is 11.2. The topological polar surface area (TPSA) is 69.7 Å². The molecule has 1 heterocycles. The molecule has 0 atom stereocenters. The largest absolute Gasteiger partial charge is 0.351 e. The third-order valence-corrected chi connectivity index (χ3v) is 9.27. The van der Waals surface area contributed by atoms with E-state index >= 15 is 0 Å². The molecule has 30 heavy (non-hydrogen) atoms. The Balaban J connectivity index is 1.37. The lowest BCUT2D eigenvalue weighted by Gasteiger charge is -2.33. The van der Waals surface area contributed by atoms with Crippen molar-refractivity contribution in [3.8, 4) is 0 Å². The fourth-order valence-electron chi connectivity index (χ4n) is 4.09.